The van der Waals surface area contributed by atoms with Gasteiger partial charge in [0.1, 0.15) is 5.02 Å². The van der Waals surface area contributed by atoms with Crippen LogP contribution < -0.4 is 16.0 Å². The van der Waals surface area contributed by atoms with Crippen LogP contribution in [0.25, 0.3) is 0 Å². The van der Waals surface area contributed by atoms with Crippen molar-refractivity contribution in [3.63, 3.8) is 0 Å². The van der Waals surface area contributed by atoms with Gasteiger partial charge in [-0.3, -0.25) is 4.79 Å². The zero-order valence-electron chi connectivity index (χ0n) is 11.7. The molecule has 0 aliphatic carbocycles. The van der Waals surface area contributed by atoms with Crippen molar-refractivity contribution in [3.05, 3.63) is 33.4 Å². The first kappa shape index (κ1) is 15.1. The van der Waals surface area contributed by atoms with Gasteiger partial charge < -0.3 is 16.0 Å². The molecular formula is C14H13BrClN5O. The maximum absolute atomic E-state index is 11.4. The summed E-state index contributed by atoms with van der Waals surface area (Å²) in [7, 11) is 0. The molecule has 2 heterocycles. The zero-order chi connectivity index (χ0) is 15.9. The van der Waals surface area contributed by atoms with Crippen LogP contribution in [0.1, 0.15) is 12.5 Å². The van der Waals surface area contributed by atoms with Crippen LogP contribution in [0.3, 0.4) is 0 Å². The summed E-state index contributed by atoms with van der Waals surface area (Å²) in [6.07, 6.45) is 2.27. The van der Waals surface area contributed by atoms with E-state index >= 15 is 0 Å². The smallest absolute Gasteiger partial charge is 0.222 e. The number of anilines is 4. The Labute approximate surface area is 140 Å². The maximum Gasteiger partial charge on any atom is 0.222 e. The van der Waals surface area contributed by atoms with Crippen LogP contribution in [0.4, 0.5) is 23.1 Å². The predicted molar refractivity (Wildman–Crippen MR) is 90.6 cm³/mol. The lowest BCUT2D eigenvalue weighted by molar-refractivity contribution is -0.114. The van der Waals surface area contributed by atoms with Gasteiger partial charge in [-0.25, -0.2) is 4.98 Å². The molecule has 1 aromatic heterocycles. The summed E-state index contributed by atoms with van der Waals surface area (Å²) in [5.74, 6) is 0.632. The lowest BCUT2D eigenvalue weighted by atomic mass is 10.1. The highest BCUT2D eigenvalue weighted by molar-refractivity contribution is 9.10. The van der Waals surface area contributed by atoms with E-state index in [4.69, 9.17) is 17.3 Å². The Morgan fingerprint density at radius 2 is 2.27 bits per heavy atom. The summed E-state index contributed by atoms with van der Waals surface area (Å²) in [5, 5.41) is 3.29. The number of hydrogen-bond donors (Lipinski definition) is 2. The van der Waals surface area contributed by atoms with Gasteiger partial charge in [-0.1, -0.05) is 27.5 Å². The van der Waals surface area contributed by atoms with Crippen LogP contribution >= 0.6 is 27.5 Å². The molecule has 3 N–H and O–H groups in total. The molecule has 0 saturated carbocycles. The number of benzene rings is 1. The first-order valence-electron chi connectivity index (χ1n) is 6.61. The molecule has 1 aliphatic rings. The molecule has 0 saturated heterocycles. The molecule has 1 aromatic carbocycles. The van der Waals surface area contributed by atoms with E-state index in [-0.39, 0.29) is 11.9 Å². The third-order valence-corrected chi connectivity index (χ3v) is 4.10. The minimum absolute atomic E-state index is 0.108. The van der Waals surface area contributed by atoms with Crippen LogP contribution in [0.5, 0.6) is 0 Å². The van der Waals surface area contributed by atoms with E-state index in [0.717, 1.165) is 27.8 Å². The van der Waals surface area contributed by atoms with Crippen molar-refractivity contribution in [2.45, 2.75) is 13.3 Å². The van der Waals surface area contributed by atoms with E-state index in [1.54, 1.807) is 0 Å². The van der Waals surface area contributed by atoms with Gasteiger partial charge in [0.25, 0.3) is 0 Å². The van der Waals surface area contributed by atoms with Crippen molar-refractivity contribution in [2.24, 2.45) is 0 Å². The second kappa shape index (κ2) is 5.73. The summed E-state index contributed by atoms with van der Waals surface area (Å²) in [6.45, 7) is 2.19. The Morgan fingerprint density at radius 3 is 3.00 bits per heavy atom. The number of hydrogen-bond acceptors (Lipinski definition) is 5. The van der Waals surface area contributed by atoms with Crippen LogP contribution in [-0.4, -0.2) is 22.4 Å². The molecule has 0 spiro atoms. The van der Waals surface area contributed by atoms with Crippen molar-refractivity contribution >= 4 is 56.6 Å². The molecule has 0 atom stereocenters. The summed E-state index contributed by atoms with van der Waals surface area (Å²) < 4.78 is 0.861. The van der Waals surface area contributed by atoms with Gasteiger partial charge in [-0.05, 0) is 18.6 Å². The van der Waals surface area contributed by atoms with Crippen LogP contribution in [0.2, 0.25) is 5.02 Å². The summed E-state index contributed by atoms with van der Waals surface area (Å²) >= 11 is 9.67. The summed E-state index contributed by atoms with van der Waals surface area (Å²) in [5.41, 5.74) is 8.45. The standard InChI is InChI=1S/C14H13BrClN5O/c1-7(22)19-11-4-8(15)5-12-9(11)2-3-21(12)13-10(16)6-18-14(17)20-13/h4-6H,2-3H2,1H3,(H,19,22)(H2,17,18,20). The molecule has 0 radical (unpaired) electrons. The quantitative estimate of drug-likeness (QED) is 0.833. The molecule has 2 aromatic rings. The number of amides is 1. The summed E-state index contributed by atoms with van der Waals surface area (Å²) in [6, 6.07) is 3.86. The predicted octanol–water partition coefficient (Wildman–Crippen LogP) is 3.13. The largest absolute Gasteiger partial charge is 0.368 e. The minimum Gasteiger partial charge on any atom is -0.368 e. The fourth-order valence-electron chi connectivity index (χ4n) is 2.55. The molecule has 1 amide bonds. The Balaban J connectivity index is 2.10. The molecule has 0 bridgehead atoms. The van der Waals surface area contributed by atoms with Gasteiger partial charge in [-0.2, -0.15) is 4.98 Å². The highest BCUT2D eigenvalue weighted by Gasteiger charge is 2.26. The van der Waals surface area contributed by atoms with Crippen molar-refractivity contribution in [2.75, 3.05) is 22.5 Å². The molecule has 22 heavy (non-hydrogen) atoms. The average molecular weight is 383 g/mol. The third kappa shape index (κ3) is 2.74. The number of carbonyl (C=O) groups excluding carboxylic acids is 1. The number of nitrogen functional groups attached to an aromatic ring is 1. The van der Waals surface area contributed by atoms with Crippen molar-refractivity contribution in [3.8, 4) is 0 Å². The van der Waals surface area contributed by atoms with Crippen molar-refractivity contribution in [1.29, 1.82) is 0 Å². The fourth-order valence-corrected chi connectivity index (χ4v) is 3.19. The zero-order valence-corrected chi connectivity index (χ0v) is 14.1. The highest BCUT2D eigenvalue weighted by atomic mass is 79.9. The first-order chi connectivity index (χ1) is 10.5. The van der Waals surface area contributed by atoms with Gasteiger partial charge in [-0.15, -0.1) is 0 Å². The third-order valence-electron chi connectivity index (χ3n) is 3.38. The SMILES string of the molecule is CC(=O)Nc1cc(Br)cc2c1CCN2c1nc(N)ncc1Cl. The summed E-state index contributed by atoms with van der Waals surface area (Å²) in [4.78, 5) is 21.5. The number of aromatic nitrogens is 2. The topological polar surface area (TPSA) is 84.1 Å². The molecule has 0 unspecified atom stereocenters. The Bertz CT molecular complexity index is 767. The molecule has 6 nitrogen and oxygen atoms in total. The number of nitrogens with zero attached hydrogens (tertiary/aromatic N) is 3. The van der Waals surface area contributed by atoms with Gasteiger partial charge >= 0.3 is 0 Å². The fraction of sp³-hybridized carbons (Fsp3) is 0.214. The van der Waals surface area contributed by atoms with E-state index in [1.807, 2.05) is 17.0 Å². The van der Waals surface area contributed by atoms with Crippen molar-refractivity contribution in [1.82, 2.24) is 9.97 Å². The molecule has 0 fully saturated rings. The van der Waals surface area contributed by atoms with Gasteiger partial charge in [0, 0.05) is 34.9 Å². The number of halogens is 2. The van der Waals surface area contributed by atoms with E-state index in [1.165, 1.54) is 13.1 Å². The number of nitrogens with two attached hydrogens (primary N) is 1. The Morgan fingerprint density at radius 1 is 1.50 bits per heavy atom. The van der Waals surface area contributed by atoms with E-state index < -0.39 is 0 Å². The lowest BCUT2D eigenvalue weighted by Crippen LogP contribution is -2.16. The molecule has 8 heteroatoms. The number of rotatable bonds is 2. The van der Waals surface area contributed by atoms with Crippen LogP contribution in [0.15, 0.2) is 22.8 Å². The van der Waals surface area contributed by atoms with E-state index in [0.29, 0.717) is 17.4 Å². The molecular weight excluding hydrogens is 370 g/mol. The Kier molecular flexibility index (Phi) is 3.92. The molecule has 114 valence electrons. The van der Waals surface area contributed by atoms with Gasteiger partial charge in [0.2, 0.25) is 11.9 Å². The lowest BCUT2D eigenvalue weighted by Gasteiger charge is -2.20. The number of carbonyl (C=O) groups is 1. The van der Waals surface area contributed by atoms with Crippen molar-refractivity contribution < 1.29 is 4.79 Å². The minimum atomic E-state index is -0.108. The van der Waals surface area contributed by atoms with Crippen LogP contribution in [0, 0.1) is 0 Å². The van der Waals surface area contributed by atoms with Crippen LogP contribution in [-0.2, 0) is 11.2 Å². The van der Waals surface area contributed by atoms with E-state index in [9.17, 15) is 4.79 Å². The first-order valence-corrected chi connectivity index (χ1v) is 7.78. The second-order valence-corrected chi connectivity index (χ2v) is 6.26. The van der Waals surface area contributed by atoms with E-state index in [2.05, 4.69) is 31.2 Å². The molecule has 3 rings (SSSR count). The normalized spacial score (nSPS) is 13.1. The highest BCUT2D eigenvalue weighted by Crippen LogP contribution is 2.42. The van der Waals surface area contributed by atoms with Gasteiger partial charge in [0.05, 0.1) is 6.20 Å². The van der Waals surface area contributed by atoms with Gasteiger partial charge in [0.15, 0.2) is 5.82 Å². The second-order valence-electron chi connectivity index (χ2n) is 4.93. The monoisotopic (exact) mass is 381 g/mol. The molecule has 1 aliphatic heterocycles. The number of fused-ring (bicyclic) bond motifs is 1. The maximum atomic E-state index is 11.4. The average Bonchev–Trinajstić information content (AvgIpc) is 2.84. The Hall–Kier alpha value is -1.86. The number of nitrogens with one attached hydrogen (secondary N) is 1.